The molecule has 0 fully saturated rings. The fourth-order valence-corrected chi connectivity index (χ4v) is 0.838. The Morgan fingerprint density at radius 2 is 1.75 bits per heavy atom. The average molecular weight is 240 g/mol. The van der Waals surface area contributed by atoms with E-state index in [9.17, 15) is 27.2 Å². The highest BCUT2D eigenvalue weighted by atomic mass is 19.3. The van der Waals surface area contributed by atoms with Crippen LogP contribution in [0.1, 0.15) is 21.1 Å². The zero-order valence-electron chi connectivity index (χ0n) is 7.42. The molecule has 8 heteroatoms. The molecule has 1 aromatic heterocycles. The number of alkyl halides is 4. The number of Topliss-reactive ketones (excluding diaryl/α,β-unsaturated/α-hetero) is 1. The van der Waals surface area contributed by atoms with Gasteiger partial charge in [-0.05, 0) is 12.1 Å². The first-order valence-electron chi connectivity index (χ1n) is 3.80. The van der Waals surface area contributed by atoms with E-state index in [0.29, 0.717) is 6.07 Å². The van der Waals surface area contributed by atoms with Gasteiger partial charge in [0, 0.05) is 0 Å². The zero-order chi connectivity index (χ0) is 12.5. The van der Waals surface area contributed by atoms with Gasteiger partial charge in [0.25, 0.3) is 5.78 Å². The van der Waals surface area contributed by atoms with Crippen LogP contribution in [0.5, 0.6) is 0 Å². The van der Waals surface area contributed by atoms with Crippen molar-refractivity contribution >= 4 is 11.8 Å². The SMILES string of the molecule is O=C(O)c1ccc(C(=O)C(F)(F)C(F)F)o1. The van der Waals surface area contributed by atoms with Crippen LogP contribution in [0, 0.1) is 0 Å². The van der Waals surface area contributed by atoms with E-state index in [4.69, 9.17) is 5.11 Å². The smallest absolute Gasteiger partial charge is 0.372 e. The van der Waals surface area contributed by atoms with Gasteiger partial charge in [-0.2, -0.15) is 8.78 Å². The second-order valence-corrected chi connectivity index (χ2v) is 2.72. The lowest BCUT2D eigenvalue weighted by Crippen LogP contribution is -2.36. The monoisotopic (exact) mass is 240 g/mol. The number of hydrogen-bond acceptors (Lipinski definition) is 3. The summed E-state index contributed by atoms with van der Waals surface area (Å²) in [5, 5.41) is 8.35. The molecule has 0 unspecified atom stereocenters. The number of hydrogen-bond donors (Lipinski definition) is 1. The summed E-state index contributed by atoms with van der Waals surface area (Å²) in [5.41, 5.74) is 0. The van der Waals surface area contributed by atoms with E-state index in [1.54, 1.807) is 0 Å². The van der Waals surface area contributed by atoms with Crippen LogP contribution in [-0.2, 0) is 0 Å². The summed E-state index contributed by atoms with van der Waals surface area (Å²) in [7, 11) is 0. The lowest BCUT2D eigenvalue weighted by atomic mass is 10.2. The Morgan fingerprint density at radius 3 is 2.12 bits per heavy atom. The number of ketones is 1. The molecule has 0 saturated carbocycles. The van der Waals surface area contributed by atoms with Crippen molar-refractivity contribution in [3.8, 4) is 0 Å². The van der Waals surface area contributed by atoms with Crippen LogP contribution in [0.4, 0.5) is 17.6 Å². The number of carbonyl (C=O) groups is 2. The topological polar surface area (TPSA) is 67.5 Å². The minimum atomic E-state index is -4.90. The minimum absolute atomic E-state index is 0.599. The van der Waals surface area contributed by atoms with E-state index in [1.807, 2.05) is 0 Å². The van der Waals surface area contributed by atoms with Gasteiger partial charge >= 0.3 is 18.3 Å². The number of furan rings is 1. The Bertz CT molecular complexity index is 423. The molecule has 0 aliphatic rings. The van der Waals surface area contributed by atoms with E-state index in [0.717, 1.165) is 6.07 Å². The van der Waals surface area contributed by atoms with Gasteiger partial charge in [0.2, 0.25) is 5.76 Å². The Kier molecular flexibility index (Phi) is 3.02. The molecule has 0 radical (unpaired) electrons. The molecule has 0 saturated heterocycles. The van der Waals surface area contributed by atoms with Crippen molar-refractivity contribution in [3.05, 3.63) is 23.7 Å². The van der Waals surface area contributed by atoms with Crippen molar-refractivity contribution in [1.82, 2.24) is 0 Å². The van der Waals surface area contributed by atoms with Crippen LogP contribution in [-0.4, -0.2) is 29.2 Å². The highest BCUT2D eigenvalue weighted by Gasteiger charge is 2.50. The summed E-state index contributed by atoms with van der Waals surface area (Å²) in [6, 6.07) is 1.32. The van der Waals surface area contributed by atoms with Crippen molar-refractivity contribution in [2.75, 3.05) is 0 Å². The van der Waals surface area contributed by atoms with Gasteiger partial charge in [0.05, 0.1) is 0 Å². The quantitative estimate of drug-likeness (QED) is 0.646. The van der Waals surface area contributed by atoms with E-state index in [1.165, 1.54) is 0 Å². The van der Waals surface area contributed by atoms with Gasteiger partial charge in [-0.3, -0.25) is 4.79 Å². The first-order chi connectivity index (χ1) is 7.26. The zero-order valence-corrected chi connectivity index (χ0v) is 7.42. The maximum atomic E-state index is 12.5. The predicted molar refractivity (Wildman–Crippen MR) is 40.9 cm³/mol. The summed E-state index contributed by atoms with van der Waals surface area (Å²) in [6.45, 7) is 0. The molecule has 0 amide bonds. The Balaban J connectivity index is 3.01. The summed E-state index contributed by atoms with van der Waals surface area (Å²) in [4.78, 5) is 21.1. The van der Waals surface area contributed by atoms with Crippen LogP contribution in [0.3, 0.4) is 0 Å². The standard InChI is InChI=1S/C8H4F4O4/c9-7(10)8(11,12)5(13)3-1-2-4(16-3)6(14)15/h1-2,7H,(H,14,15). The number of carboxylic acids is 1. The predicted octanol–water partition coefficient (Wildman–Crippen LogP) is 2.06. The molecule has 0 aliphatic carbocycles. The number of halogens is 4. The highest BCUT2D eigenvalue weighted by molar-refractivity contribution is 6.00. The molecule has 1 aromatic rings. The van der Waals surface area contributed by atoms with Gasteiger partial charge in [0.15, 0.2) is 5.76 Å². The third-order valence-corrected chi connectivity index (χ3v) is 1.62. The third-order valence-electron chi connectivity index (χ3n) is 1.62. The fourth-order valence-electron chi connectivity index (χ4n) is 0.838. The van der Waals surface area contributed by atoms with Gasteiger partial charge in [0.1, 0.15) is 0 Å². The second kappa shape index (κ2) is 3.95. The molecule has 88 valence electrons. The Morgan fingerprint density at radius 1 is 1.25 bits per heavy atom. The molecule has 1 N–H and O–H groups in total. The highest BCUT2D eigenvalue weighted by Crippen LogP contribution is 2.28. The molecule has 0 bridgehead atoms. The lowest BCUT2D eigenvalue weighted by Gasteiger charge is -2.11. The van der Waals surface area contributed by atoms with Gasteiger partial charge in [-0.15, -0.1) is 0 Å². The molecule has 16 heavy (non-hydrogen) atoms. The van der Waals surface area contributed by atoms with Crippen molar-refractivity contribution < 1.29 is 36.7 Å². The largest absolute Gasteiger partial charge is 0.475 e. The fraction of sp³-hybridized carbons (Fsp3) is 0.250. The van der Waals surface area contributed by atoms with Crippen molar-refractivity contribution in [3.63, 3.8) is 0 Å². The number of rotatable bonds is 4. The van der Waals surface area contributed by atoms with Gasteiger partial charge in [-0.1, -0.05) is 0 Å². The van der Waals surface area contributed by atoms with E-state index >= 15 is 0 Å². The van der Waals surface area contributed by atoms with E-state index < -0.39 is 35.6 Å². The number of carboxylic acid groups (broad SMARTS) is 1. The number of carbonyl (C=O) groups excluding carboxylic acids is 1. The average Bonchev–Trinajstić information content (AvgIpc) is 2.64. The van der Waals surface area contributed by atoms with Crippen LogP contribution in [0.15, 0.2) is 16.5 Å². The second-order valence-electron chi connectivity index (χ2n) is 2.72. The van der Waals surface area contributed by atoms with E-state index in [2.05, 4.69) is 4.42 Å². The first kappa shape index (κ1) is 12.2. The normalized spacial score (nSPS) is 11.8. The molecular weight excluding hydrogens is 236 g/mol. The maximum Gasteiger partial charge on any atom is 0.372 e. The first-order valence-corrected chi connectivity index (χ1v) is 3.80. The van der Waals surface area contributed by atoms with Crippen molar-refractivity contribution in [2.24, 2.45) is 0 Å². The summed E-state index contributed by atoms with van der Waals surface area (Å²) in [6.07, 6.45) is -4.18. The Labute approximate surface area is 85.5 Å². The molecule has 0 atom stereocenters. The minimum Gasteiger partial charge on any atom is -0.475 e. The van der Waals surface area contributed by atoms with Crippen molar-refractivity contribution in [1.29, 1.82) is 0 Å². The summed E-state index contributed by atoms with van der Waals surface area (Å²) < 4.78 is 52.8. The van der Waals surface area contributed by atoms with Gasteiger partial charge in [-0.25, -0.2) is 13.6 Å². The summed E-state index contributed by atoms with van der Waals surface area (Å²) >= 11 is 0. The molecular formula is C8H4F4O4. The molecule has 0 spiro atoms. The van der Waals surface area contributed by atoms with Crippen LogP contribution < -0.4 is 0 Å². The van der Waals surface area contributed by atoms with E-state index in [-0.39, 0.29) is 0 Å². The lowest BCUT2D eigenvalue weighted by molar-refractivity contribution is -0.0969. The Hall–Kier alpha value is -1.86. The van der Waals surface area contributed by atoms with Crippen LogP contribution >= 0.6 is 0 Å². The molecule has 0 aromatic carbocycles. The molecule has 0 aliphatic heterocycles. The van der Waals surface area contributed by atoms with Gasteiger partial charge < -0.3 is 9.52 Å². The van der Waals surface area contributed by atoms with Crippen LogP contribution in [0.25, 0.3) is 0 Å². The van der Waals surface area contributed by atoms with Crippen molar-refractivity contribution in [2.45, 2.75) is 12.3 Å². The maximum absolute atomic E-state index is 12.5. The van der Waals surface area contributed by atoms with Crippen LogP contribution in [0.2, 0.25) is 0 Å². The third kappa shape index (κ3) is 2.05. The summed E-state index contributed by atoms with van der Waals surface area (Å²) in [5.74, 6) is -10.7. The number of aromatic carboxylic acids is 1. The molecule has 4 nitrogen and oxygen atoms in total. The molecule has 1 heterocycles. The molecule has 1 rings (SSSR count).